The van der Waals surface area contributed by atoms with E-state index in [1.54, 1.807) is 6.07 Å². The van der Waals surface area contributed by atoms with Crippen molar-refractivity contribution in [3.05, 3.63) is 63.1 Å². The third-order valence-electron chi connectivity index (χ3n) is 3.56. The van der Waals surface area contributed by atoms with E-state index >= 15 is 0 Å². The molecule has 3 rings (SSSR count). The van der Waals surface area contributed by atoms with Crippen LogP contribution in [0.1, 0.15) is 35.9 Å². The van der Waals surface area contributed by atoms with Gasteiger partial charge < -0.3 is 4.74 Å². The predicted molar refractivity (Wildman–Crippen MR) is 89.0 cm³/mol. The monoisotopic (exact) mass is 340 g/mol. The first-order valence-corrected chi connectivity index (χ1v) is 7.95. The molecule has 1 unspecified atom stereocenters. The molecule has 110 valence electrons. The van der Waals surface area contributed by atoms with Crippen LogP contribution in [-0.2, 0) is 6.42 Å². The van der Waals surface area contributed by atoms with E-state index in [9.17, 15) is 0 Å². The van der Waals surface area contributed by atoms with Gasteiger partial charge in [0.15, 0.2) is 0 Å². The molecule has 0 radical (unpaired) electrons. The lowest BCUT2D eigenvalue weighted by molar-refractivity contribution is 0.138. The number of alkyl halides is 1. The third-order valence-corrected chi connectivity index (χ3v) is 4.50. The maximum Gasteiger partial charge on any atom is 0.123 e. The molecule has 1 heterocycles. The molecule has 0 aromatic heterocycles. The first-order chi connectivity index (χ1) is 9.84. The van der Waals surface area contributed by atoms with Gasteiger partial charge in [0.25, 0.3) is 0 Å². The van der Waals surface area contributed by atoms with E-state index in [1.165, 1.54) is 5.56 Å². The van der Waals surface area contributed by atoms with Crippen molar-refractivity contribution in [1.82, 2.24) is 0 Å². The van der Waals surface area contributed by atoms with Crippen LogP contribution < -0.4 is 4.74 Å². The van der Waals surface area contributed by atoms with Gasteiger partial charge in [-0.15, -0.1) is 11.6 Å². The number of benzene rings is 2. The Kier molecular flexibility index (Phi) is 3.85. The highest BCUT2D eigenvalue weighted by atomic mass is 35.5. The van der Waals surface area contributed by atoms with Crippen molar-refractivity contribution in [1.29, 1.82) is 0 Å². The van der Waals surface area contributed by atoms with Gasteiger partial charge in [-0.05, 0) is 54.8 Å². The molecule has 0 aliphatic carbocycles. The summed E-state index contributed by atoms with van der Waals surface area (Å²) in [5.74, 6) is 0.941. The first kappa shape index (κ1) is 15.0. The zero-order valence-corrected chi connectivity index (χ0v) is 14.1. The molecular weight excluding hydrogens is 327 g/mol. The Bertz CT molecular complexity index is 674. The molecule has 1 nitrogen and oxygen atoms in total. The average Bonchev–Trinajstić information content (AvgIpc) is 2.69. The van der Waals surface area contributed by atoms with Crippen LogP contribution in [0.15, 0.2) is 36.4 Å². The van der Waals surface area contributed by atoms with Gasteiger partial charge in [-0.1, -0.05) is 35.3 Å². The van der Waals surface area contributed by atoms with Gasteiger partial charge in [-0.3, -0.25) is 0 Å². The Morgan fingerprint density at radius 3 is 2.33 bits per heavy atom. The second kappa shape index (κ2) is 5.39. The molecule has 0 amide bonds. The molecule has 4 heteroatoms. The fourth-order valence-electron chi connectivity index (χ4n) is 2.70. The van der Waals surface area contributed by atoms with Crippen molar-refractivity contribution < 1.29 is 4.74 Å². The fraction of sp³-hybridized carbons (Fsp3) is 0.294. The lowest BCUT2D eigenvalue weighted by atomic mass is 9.97. The molecule has 1 aliphatic rings. The summed E-state index contributed by atoms with van der Waals surface area (Å²) in [6.07, 6.45) is 0.885. The van der Waals surface area contributed by atoms with E-state index in [0.29, 0.717) is 10.0 Å². The Balaban J connectivity index is 1.95. The van der Waals surface area contributed by atoms with Gasteiger partial charge in [-0.25, -0.2) is 0 Å². The highest BCUT2D eigenvalue weighted by molar-refractivity contribution is 6.35. The minimum Gasteiger partial charge on any atom is -0.487 e. The number of rotatable bonds is 2. The van der Waals surface area contributed by atoms with Crippen LogP contribution in [0, 0.1) is 0 Å². The Morgan fingerprint density at radius 1 is 1.00 bits per heavy atom. The molecule has 21 heavy (non-hydrogen) atoms. The van der Waals surface area contributed by atoms with E-state index in [4.69, 9.17) is 39.5 Å². The summed E-state index contributed by atoms with van der Waals surface area (Å²) in [6, 6.07) is 11.5. The molecule has 0 bridgehead atoms. The standard InChI is InChI=1S/C17H15Cl3O/c1-17(2)9-12-5-10(3-4-15(12)21-17)16(20)11-6-13(18)8-14(19)7-11/h3-8,16H,9H2,1-2H3. The molecule has 0 saturated heterocycles. The second-order valence-corrected chi connectivity index (χ2v) is 7.28. The van der Waals surface area contributed by atoms with Crippen molar-refractivity contribution in [3.63, 3.8) is 0 Å². The van der Waals surface area contributed by atoms with Gasteiger partial charge >= 0.3 is 0 Å². The minimum absolute atomic E-state index is 0.151. The number of hydrogen-bond donors (Lipinski definition) is 0. The van der Waals surface area contributed by atoms with E-state index in [2.05, 4.69) is 19.9 Å². The lowest BCUT2D eigenvalue weighted by Gasteiger charge is -2.16. The molecule has 1 aliphatic heterocycles. The summed E-state index contributed by atoms with van der Waals surface area (Å²) >= 11 is 18.7. The highest BCUT2D eigenvalue weighted by Gasteiger charge is 2.30. The van der Waals surface area contributed by atoms with E-state index in [0.717, 1.165) is 23.3 Å². The molecule has 0 N–H and O–H groups in total. The topological polar surface area (TPSA) is 9.23 Å². The number of halogens is 3. The van der Waals surface area contributed by atoms with Crippen LogP contribution >= 0.6 is 34.8 Å². The number of ether oxygens (including phenoxy) is 1. The fourth-order valence-corrected chi connectivity index (χ4v) is 3.51. The largest absolute Gasteiger partial charge is 0.487 e. The normalized spacial score (nSPS) is 17.2. The molecular formula is C17H15Cl3O. The molecule has 1 atom stereocenters. The van der Waals surface area contributed by atoms with Gasteiger partial charge in [0, 0.05) is 16.5 Å². The Morgan fingerprint density at radius 2 is 1.67 bits per heavy atom. The molecule has 0 saturated carbocycles. The summed E-state index contributed by atoms with van der Waals surface area (Å²) in [6.45, 7) is 4.17. The van der Waals surface area contributed by atoms with Crippen molar-refractivity contribution >= 4 is 34.8 Å². The van der Waals surface area contributed by atoms with E-state index in [1.807, 2.05) is 24.3 Å². The van der Waals surface area contributed by atoms with Crippen LogP contribution in [0.2, 0.25) is 10.0 Å². The van der Waals surface area contributed by atoms with Gasteiger partial charge in [0.1, 0.15) is 11.4 Å². The van der Waals surface area contributed by atoms with E-state index < -0.39 is 0 Å². The zero-order chi connectivity index (χ0) is 15.2. The van der Waals surface area contributed by atoms with E-state index in [-0.39, 0.29) is 11.0 Å². The van der Waals surface area contributed by atoms with Crippen molar-refractivity contribution in [2.24, 2.45) is 0 Å². The van der Waals surface area contributed by atoms with Crippen molar-refractivity contribution in [2.45, 2.75) is 31.2 Å². The quantitative estimate of drug-likeness (QED) is 0.605. The lowest BCUT2D eigenvalue weighted by Crippen LogP contribution is -2.24. The van der Waals surface area contributed by atoms with Gasteiger partial charge in [-0.2, -0.15) is 0 Å². The third kappa shape index (κ3) is 3.15. The SMILES string of the molecule is CC1(C)Cc2cc(C(Cl)c3cc(Cl)cc(Cl)c3)ccc2O1. The minimum atomic E-state index is -0.282. The smallest absolute Gasteiger partial charge is 0.123 e. The Labute approximate surface area is 139 Å². The molecule has 2 aromatic rings. The van der Waals surface area contributed by atoms with Crippen LogP contribution in [-0.4, -0.2) is 5.60 Å². The highest BCUT2D eigenvalue weighted by Crippen LogP contribution is 2.39. The summed E-state index contributed by atoms with van der Waals surface area (Å²) in [7, 11) is 0. The molecule has 2 aromatic carbocycles. The first-order valence-electron chi connectivity index (χ1n) is 6.76. The summed E-state index contributed by atoms with van der Waals surface area (Å²) < 4.78 is 5.89. The second-order valence-electron chi connectivity index (χ2n) is 5.97. The van der Waals surface area contributed by atoms with Crippen LogP contribution in [0.5, 0.6) is 5.75 Å². The molecule has 0 fully saturated rings. The Hall–Kier alpha value is -0.890. The predicted octanol–water partition coefficient (Wildman–Crippen LogP) is 6.04. The van der Waals surface area contributed by atoms with Crippen LogP contribution in [0.4, 0.5) is 0 Å². The maximum absolute atomic E-state index is 6.59. The summed E-state index contributed by atoms with van der Waals surface area (Å²) in [5.41, 5.74) is 2.96. The number of hydrogen-bond acceptors (Lipinski definition) is 1. The molecule has 0 spiro atoms. The zero-order valence-electron chi connectivity index (χ0n) is 11.8. The van der Waals surface area contributed by atoms with Crippen LogP contribution in [0.3, 0.4) is 0 Å². The summed E-state index contributed by atoms with van der Waals surface area (Å²) in [4.78, 5) is 0. The average molecular weight is 342 g/mol. The van der Waals surface area contributed by atoms with Crippen molar-refractivity contribution in [3.8, 4) is 5.75 Å². The van der Waals surface area contributed by atoms with Gasteiger partial charge in [0.2, 0.25) is 0 Å². The summed E-state index contributed by atoms with van der Waals surface area (Å²) in [5, 5.41) is 0.901. The van der Waals surface area contributed by atoms with Crippen LogP contribution in [0.25, 0.3) is 0 Å². The van der Waals surface area contributed by atoms with Gasteiger partial charge in [0.05, 0.1) is 5.38 Å². The number of fused-ring (bicyclic) bond motifs is 1. The maximum atomic E-state index is 6.59. The van der Waals surface area contributed by atoms with Crippen molar-refractivity contribution in [2.75, 3.05) is 0 Å².